The summed E-state index contributed by atoms with van der Waals surface area (Å²) in [5.74, 6) is 0.981. The molecule has 1 N–H and O–H groups in total. The third-order valence-electron chi connectivity index (χ3n) is 5.59. The predicted octanol–water partition coefficient (Wildman–Crippen LogP) is 2.66. The molecule has 3 aliphatic rings. The zero-order valence-corrected chi connectivity index (χ0v) is 13.2. The number of nitrogens with zero attached hydrogens (tertiary/aromatic N) is 1. The molecule has 1 aliphatic carbocycles. The highest BCUT2D eigenvalue weighted by Gasteiger charge is 2.37. The predicted molar refractivity (Wildman–Crippen MR) is 83.0 cm³/mol. The number of ether oxygens (including phenoxy) is 1. The normalized spacial score (nSPS) is 33.5. The van der Waals surface area contributed by atoms with E-state index in [1.807, 2.05) is 0 Å². The van der Waals surface area contributed by atoms with Gasteiger partial charge in [0.25, 0.3) is 0 Å². The van der Waals surface area contributed by atoms with E-state index >= 15 is 0 Å². The van der Waals surface area contributed by atoms with Gasteiger partial charge >= 0.3 is 0 Å². The maximum Gasteiger partial charge on any atom is 0.0546 e. The van der Waals surface area contributed by atoms with Crippen molar-refractivity contribution in [2.45, 2.75) is 57.9 Å². The first-order valence-corrected chi connectivity index (χ1v) is 8.83. The van der Waals surface area contributed by atoms with Crippen LogP contribution in [0.1, 0.15) is 51.9 Å². The minimum absolute atomic E-state index is 0.389. The monoisotopic (exact) mass is 280 g/mol. The van der Waals surface area contributed by atoms with Gasteiger partial charge in [0.05, 0.1) is 6.61 Å². The molecular weight excluding hydrogens is 248 g/mol. The van der Waals surface area contributed by atoms with Crippen molar-refractivity contribution in [1.29, 1.82) is 0 Å². The summed E-state index contributed by atoms with van der Waals surface area (Å²) >= 11 is 0. The molecule has 1 atom stereocenters. The average Bonchev–Trinajstić information content (AvgIpc) is 3.31. The molecule has 0 aromatic carbocycles. The molecule has 0 bridgehead atoms. The first kappa shape index (κ1) is 14.8. The van der Waals surface area contributed by atoms with Crippen LogP contribution in [0.4, 0.5) is 0 Å². The van der Waals surface area contributed by atoms with Gasteiger partial charge in [0.1, 0.15) is 0 Å². The Hall–Kier alpha value is -0.120. The lowest BCUT2D eigenvalue weighted by molar-refractivity contribution is -0.0309. The molecule has 3 nitrogen and oxygen atoms in total. The second-order valence-electron chi connectivity index (χ2n) is 7.44. The van der Waals surface area contributed by atoms with Crippen molar-refractivity contribution in [1.82, 2.24) is 10.2 Å². The van der Waals surface area contributed by atoms with Crippen molar-refractivity contribution >= 4 is 0 Å². The summed E-state index contributed by atoms with van der Waals surface area (Å²) in [4.78, 5) is 2.72. The number of piperidine rings is 1. The van der Waals surface area contributed by atoms with Crippen LogP contribution in [-0.2, 0) is 4.74 Å². The Bertz CT molecular complexity index is 289. The van der Waals surface area contributed by atoms with Gasteiger partial charge in [0.15, 0.2) is 0 Å². The molecular formula is C17H32N2O. The van der Waals surface area contributed by atoms with E-state index in [4.69, 9.17) is 4.74 Å². The number of hydrogen-bond donors (Lipinski definition) is 1. The van der Waals surface area contributed by atoms with Crippen LogP contribution in [-0.4, -0.2) is 50.3 Å². The highest BCUT2D eigenvalue weighted by atomic mass is 16.5. The fourth-order valence-electron chi connectivity index (χ4n) is 3.91. The van der Waals surface area contributed by atoms with Crippen LogP contribution in [0.3, 0.4) is 0 Å². The van der Waals surface area contributed by atoms with Gasteiger partial charge < -0.3 is 15.0 Å². The van der Waals surface area contributed by atoms with Gasteiger partial charge in [0.2, 0.25) is 0 Å². The van der Waals surface area contributed by atoms with E-state index in [1.54, 1.807) is 0 Å². The standard InChI is InChI=1S/C17H32N2O/c1-2-15-6-9-19(10-7-15)13-17(8-3-11-20-14-17)12-18-16-4-5-16/h15-16,18H,2-14H2,1H3. The summed E-state index contributed by atoms with van der Waals surface area (Å²) in [6.07, 6.45) is 9.55. The lowest BCUT2D eigenvalue weighted by Crippen LogP contribution is -2.50. The summed E-state index contributed by atoms with van der Waals surface area (Å²) in [5, 5.41) is 3.77. The SMILES string of the molecule is CCC1CCN(CC2(CNC3CC3)CCCOC2)CC1. The van der Waals surface area contributed by atoms with Crippen LogP contribution in [0, 0.1) is 11.3 Å². The Morgan fingerprint density at radius 2 is 2.00 bits per heavy atom. The highest BCUT2D eigenvalue weighted by molar-refractivity contribution is 4.91. The molecule has 0 aromatic heterocycles. The van der Waals surface area contributed by atoms with E-state index in [1.165, 1.54) is 71.1 Å². The largest absolute Gasteiger partial charge is 0.381 e. The van der Waals surface area contributed by atoms with Crippen molar-refractivity contribution in [3.05, 3.63) is 0 Å². The van der Waals surface area contributed by atoms with Gasteiger partial charge in [-0.05, 0) is 57.5 Å². The smallest absolute Gasteiger partial charge is 0.0546 e. The molecule has 116 valence electrons. The quantitative estimate of drug-likeness (QED) is 0.809. The summed E-state index contributed by atoms with van der Waals surface area (Å²) in [6.45, 7) is 9.34. The van der Waals surface area contributed by atoms with Crippen molar-refractivity contribution in [2.24, 2.45) is 11.3 Å². The molecule has 2 saturated heterocycles. The Balaban J connectivity index is 1.52. The maximum atomic E-state index is 5.86. The van der Waals surface area contributed by atoms with Gasteiger partial charge in [-0.3, -0.25) is 0 Å². The number of hydrogen-bond acceptors (Lipinski definition) is 3. The van der Waals surface area contributed by atoms with Gasteiger partial charge in [-0.2, -0.15) is 0 Å². The molecule has 3 fully saturated rings. The van der Waals surface area contributed by atoms with E-state index in [2.05, 4.69) is 17.1 Å². The highest BCUT2D eigenvalue weighted by Crippen LogP contribution is 2.32. The van der Waals surface area contributed by atoms with E-state index in [9.17, 15) is 0 Å². The molecule has 0 radical (unpaired) electrons. The van der Waals surface area contributed by atoms with E-state index < -0.39 is 0 Å². The number of likely N-dealkylation sites (tertiary alicyclic amines) is 1. The van der Waals surface area contributed by atoms with E-state index in [-0.39, 0.29) is 0 Å². The molecule has 0 aromatic rings. The zero-order valence-electron chi connectivity index (χ0n) is 13.2. The second kappa shape index (κ2) is 6.76. The molecule has 20 heavy (non-hydrogen) atoms. The van der Waals surface area contributed by atoms with Gasteiger partial charge in [-0.15, -0.1) is 0 Å². The fraction of sp³-hybridized carbons (Fsp3) is 1.00. The van der Waals surface area contributed by atoms with Crippen LogP contribution in [0.2, 0.25) is 0 Å². The third-order valence-corrected chi connectivity index (χ3v) is 5.59. The first-order valence-electron chi connectivity index (χ1n) is 8.83. The van der Waals surface area contributed by atoms with Gasteiger partial charge in [-0.25, -0.2) is 0 Å². The summed E-state index contributed by atoms with van der Waals surface area (Å²) in [6, 6.07) is 0.819. The Morgan fingerprint density at radius 1 is 1.20 bits per heavy atom. The fourth-order valence-corrected chi connectivity index (χ4v) is 3.91. The maximum absolute atomic E-state index is 5.86. The summed E-state index contributed by atoms with van der Waals surface area (Å²) in [7, 11) is 0. The molecule has 0 spiro atoms. The van der Waals surface area contributed by atoms with Crippen LogP contribution in [0.5, 0.6) is 0 Å². The summed E-state index contributed by atoms with van der Waals surface area (Å²) in [5.41, 5.74) is 0.389. The van der Waals surface area contributed by atoms with Crippen LogP contribution >= 0.6 is 0 Å². The third kappa shape index (κ3) is 3.96. The molecule has 3 heteroatoms. The minimum atomic E-state index is 0.389. The van der Waals surface area contributed by atoms with Crippen molar-refractivity contribution < 1.29 is 4.74 Å². The Morgan fingerprint density at radius 3 is 2.60 bits per heavy atom. The van der Waals surface area contributed by atoms with Crippen molar-refractivity contribution in [3.63, 3.8) is 0 Å². The molecule has 1 saturated carbocycles. The summed E-state index contributed by atoms with van der Waals surface area (Å²) < 4.78 is 5.86. The molecule has 1 unspecified atom stereocenters. The molecule has 0 amide bonds. The lowest BCUT2D eigenvalue weighted by atomic mass is 9.81. The van der Waals surface area contributed by atoms with Gasteiger partial charge in [-0.1, -0.05) is 13.3 Å². The zero-order chi connectivity index (χ0) is 13.8. The first-order chi connectivity index (χ1) is 9.80. The van der Waals surface area contributed by atoms with E-state index in [0.29, 0.717) is 5.41 Å². The Labute approximate surface area is 124 Å². The Kier molecular flexibility index (Phi) is 5.00. The number of nitrogens with one attached hydrogen (secondary N) is 1. The average molecular weight is 280 g/mol. The topological polar surface area (TPSA) is 24.5 Å². The van der Waals surface area contributed by atoms with Crippen LogP contribution in [0.15, 0.2) is 0 Å². The minimum Gasteiger partial charge on any atom is -0.381 e. The van der Waals surface area contributed by atoms with E-state index in [0.717, 1.165) is 25.2 Å². The van der Waals surface area contributed by atoms with Crippen molar-refractivity contribution in [2.75, 3.05) is 39.4 Å². The second-order valence-corrected chi connectivity index (χ2v) is 7.44. The van der Waals surface area contributed by atoms with Crippen molar-refractivity contribution in [3.8, 4) is 0 Å². The molecule has 3 rings (SSSR count). The van der Waals surface area contributed by atoms with Crippen LogP contribution < -0.4 is 5.32 Å². The molecule has 2 aliphatic heterocycles. The molecule has 2 heterocycles. The van der Waals surface area contributed by atoms with Crippen LogP contribution in [0.25, 0.3) is 0 Å². The lowest BCUT2D eigenvalue weighted by Gasteiger charge is -2.43. The van der Waals surface area contributed by atoms with Gasteiger partial charge in [0, 0.05) is 31.2 Å². The number of rotatable bonds is 6.